The van der Waals surface area contributed by atoms with Gasteiger partial charge in [0.1, 0.15) is 0 Å². The number of nitrogens with zero attached hydrogens (tertiary/aromatic N) is 1. The summed E-state index contributed by atoms with van der Waals surface area (Å²) in [5.74, 6) is 1.21. The fourth-order valence-electron chi connectivity index (χ4n) is 2.70. The summed E-state index contributed by atoms with van der Waals surface area (Å²) in [6, 6.07) is 3.25. The molecule has 0 atom stereocenters. The third-order valence-electron chi connectivity index (χ3n) is 4.15. The van der Waals surface area contributed by atoms with Crippen molar-refractivity contribution in [3.63, 3.8) is 0 Å². The molecule has 142 valence electrons. The molecule has 1 amide bonds. The molecule has 7 nitrogen and oxygen atoms in total. The molecule has 0 fully saturated rings. The first kappa shape index (κ1) is 19.6. The second kappa shape index (κ2) is 9.12. The Hall–Kier alpha value is -2.70. The van der Waals surface area contributed by atoms with Crippen molar-refractivity contribution in [3.05, 3.63) is 28.7 Å². The second-order valence-corrected chi connectivity index (χ2v) is 5.86. The van der Waals surface area contributed by atoms with Gasteiger partial charge in [-0.05, 0) is 25.5 Å². The summed E-state index contributed by atoms with van der Waals surface area (Å²) in [7, 11) is 3.02. The van der Waals surface area contributed by atoms with Crippen molar-refractivity contribution >= 4 is 16.9 Å². The molecule has 0 saturated carbocycles. The number of unbranched alkanes of at least 4 members (excludes halogenated alkanes) is 2. The summed E-state index contributed by atoms with van der Waals surface area (Å²) < 4.78 is 17.5. The number of hydrogen-bond donors (Lipinski definition) is 1. The predicted octanol–water partition coefficient (Wildman–Crippen LogP) is 3.32. The van der Waals surface area contributed by atoms with E-state index < -0.39 is 6.09 Å². The minimum atomic E-state index is -0.543. The van der Waals surface area contributed by atoms with Gasteiger partial charge in [0.05, 0.1) is 25.8 Å². The van der Waals surface area contributed by atoms with Gasteiger partial charge in [-0.2, -0.15) is 0 Å². The summed E-state index contributed by atoms with van der Waals surface area (Å²) in [4.78, 5) is 24.7. The molecule has 0 aliphatic heterocycles. The van der Waals surface area contributed by atoms with Crippen molar-refractivity contribution in [2.75, 3.05) is 20.8 Å². The number of fused-ring (bicyclic) bond motifs is 1. The van der Waals surface area contributed by atoms with Gasteiger partial charge in [0.2, 0.25) is 0 Å². The van der Waals surface area contributed by atoms with Gasteiger partial charge >= 0.3 is 6.09 Å². The van der Waals surface area contributed by atoms with Gasteiger partial charge in [-0.1, -0.05) is 19.8 Å². The van der Waals surface area contributed by atoms with E-state index in [0.29, 0.717) is 41.1 Å². The standard InChI is InChI=1S/C19H26N2O5/c1-5-7-8-9-20-19(23)26-17-12-21(6-2)18(22)14-11-16(25-4)15(24-3)10-13(14)17/h10-12H,5-9H2,1-4H3,(H,20,23). The first-order valence-corrected chi connectivity index (χ1v) is 8.80. The van der Waals surface area contributed by atoms with E-state index >= 15 is 0 Å². The van der Waals surface area contributed by atoms with E-state index in [-0.39, 0.29) is 5.56 Å². The van der Waals surface area contributed by atoms with Crippen LogP contribution in [0.4, 0.5) is 4.79 Å². The lowest BCUT2D eigenvalue weighted by atomic mass is 10.1. The lowest BCUT2D eigenvalue weighted by molar-refractivity contribution is 0.200. The number of benzene rings is 1. The number of rotatable bonds is 8. The Labute approximate surface area is 152 Å². The second-order valence-electron chi connectivity index (χ2n) is 5.86. The van der Waals surface area contributed by atoms with Gasteiger partial charge in [0.25, 0.3) is 5.56 Å². The molecule has 0 spiro atoms. The van der Waals surface area contributed by atoms with E-state index in [2.05, 4.69) is 12.2 Å². The van der Waals surface area contributed by atoms with Crippen molar-refractivity contribution in [2.45, 2.75) is 39.7 Å². The van der Waals surface area contributed by atoms with Crippen molar-refractivity contribution in [2.24, 2.45) is 0 Å². The normalized spacial score (nSPS) is 10.6. The molecule has 2 aromatic rings. The number of carbonyl (C=O) groups is 1. The zero-order valence-corrected chi connectivity index (χ0v) is 15.8. The Balaban J connectivity index is 2.42. The Morgan fingerprint density at radius 3 is 2.27 bits per heavy atom. The van der Waals surface area contributed by atoms with Gasteiger partial charge < -0.3 is 24.1 Å². The molecule has 0 aliphatic rings. The number of methoxy groups -OCH3 is 2. The molecule has 26 heavy (non-hydrogen) atoms. The summed E-state index contributed by atoms with van der Waals surface area (Å²) in [6.45, 7) is 4.95. The number of aromatic nitrogens is 1. The maximum atomic E-state index is 12.6. The Morgan fingerprint density at radius 2 is 1.69 bits per heavy atom. The van der Waals surface area contributed by atoms with Crippen LogP contribution in [-0.4, -0.2) is 31.4 Å². The number of pyridine rings is 1. The quantitative estimate of drug-likeness (QED) is 0.729. The summed E-state index contributed by atoms with van der Waals surface area (Å²) in [6.07, 6.45) is 4.01. The highest BCUT2D eigenvalue weighted by atomic mass is 16.6. The number of nitrogens with one attached hydrogen (secondary N) is 1. The van der Waals surface area contributed by atoms with Crippen LogP contribution in [-0.2, 0) is 6.54 Å². The van der Waals surface area contributed by atoms with E-state index in [0.717, 1.165) is 19.3 Å². The molecular weight excluding hydrogens is 336 g/mol. The molecular formula is C19H26N2O5. The van der Waals surface area contributed by atoms with Gasteiger partial charge in [0.15, 0.2) is 17.2 Å². The predicted molar refractivity (Wildman–Crippen MR) is 101 cm³/mol. The molecule has 1 heterocycles. The van der Waals surface area contributed by atoms with Crippen LogP contribution < -0.4 is 25.1 Å². The maximum Gasteiger partial charge on any atom is 0.412 e. The fourth-order valence-corrected chi connectivity index (χ4v) is 2.70. The highest BCUT2D eigenvalue weighted by molar-refractivity contribution is 5.92. The van der Waals surface area contributed by atoms with Crippen molar-refractivity contribution in [1.29, 1.82) is 0 Å². The zero-order chi connectivity index (χ0) is 19.1. The topological polar surface area (TPSA) is 78.8 Å². The van der Waals surface area contributed by atoms with Crippen LogP contribution in [0.2, 0.25) is 0 Å². The molecule has 0 radical (unpaired) electrons. The van der Waals surface area contributed by atoms with Crippen LogP contribution in [0.1, 0.15) is 33.1 Å². The Morgan fingerprint density at radius 1 is 1.04 bits per heavy atom. The number of aryl methyl sites for hydroxylation is 1. The van der Waals surface area contributed by atoms with Crippen LogP contribution in [0.15, 0.2) is 23.1 Å². The van der Waals surface area contributed by atoms with Crippen LogP contribution >= 0.6 is 0 Å². The highest BCUT2D eigenvalue weighted by Crippen LogP contribution is 2.34. The minimum Gasteiger partial charge on any atom is -0.493 e. The first-order valence-electron chi connectivity index (χ1n) is 8.80. The Bertz CT molecular complexity index is 829. The summed E-state index contributed by atoms with van der Waals surface area (Å²) in [5.41, 5.74) is -0.181. The molecule has 0 aliphatic carbocycles. The monoisotopic (exact) mass is 362 g/mol. The van der Waals surface area contributed by atoms with E-state index in [1.165, 1.54) is 18.8 Å². The zero-order valence-electron chi connectivity index (χ0n) is 15.8. The molecule has 7 heteroatoms. The van der Waals surface area contributed by atoms with E-state index in [4.69, 9.17) is 14.2 Å². The lowest BCUT2D eigenvalue weighted by Crippen LogP contribution is -2.28. The summed E-state index contributed by atoms with van der Waals surface area (Å²) >= 11 is 0. The molecule has 0 bridgehead atoms. The minimum absolute atomic E-state index is 0.181. The maximum absolute atomic E-state index is 12.6. The molecule has 2 rings (SSSR count). The van der Waals surface area contributed by atoms with Gasteiger partial charge in [0, 0.05) is 18.5 Å². The van der Waals surface area contributed by atoms with Crippen LogP contribution in [0.3, 0.4) is 0 Å². The third kappa shape index (κ3) is 4.28. The average molecular weight is 362 g/mol. The molecule has 1 aromatic carbocycles. The van der Waals surface area contributed by atoms with Gasteiger partial charge in [-0.3, -0.25) is 4.79 Å². The number of carbonyl (C=O) groups excluding carboxylic acids is 1. The SMILES string of the molecule is CCCCCNC(=O)Oc1cn(CC)c(=O)c2cc(OC)c(OC)cc12. The van der Waals surface area contributed by atoms with Crippen molar-refractivity contribution in [1.82, 2.24) is 9.88 Å². The largest absolute Gasteiger partial charge is 0.493 e. The first-order chi connectivity index (χ1) is 12.5. The molecule has 1 N–H and O–H groups in total. The van der Waals surface area contributed by atoms with Crippen molar-refractivity contribution < 1.29 is 19.0 Å². The molecule has 0 saturated heterocycles. The highest BCUT2D eigenvalue weighted by Gasteiger charge is 2.16. The van der Waals surface area contributed by atoms with Crippen LogP contribution in [0, 0.1) is 0 Å². The van der Waals surface area contributed by atoms with E-state index in [1.807, 2.05) is 6.92 Å². The van der Waals surface area contributed by atoms with Crippen molar-refractivity contribution in [3.8, 4) is 17.2 Å². The third-order valence-corrected chi connectivity index (χ3v) is 4.15. The Kier molecular flexibility index (Phi) is 6.89. The lowest BCUT2D eigenvalue weighted by Gasteiger charge is -2.14. The average Bonchev–Trinajstić information content (AvgIpc) is 2.66. The molecule has 1 aromatic heterocycles. The smallest absolute Gasteiger partial charge is 0.412 e. The van der Waals surface area contributed by atoms with Crippen LogP contribution in [0.5, 0.6) is 17.2 Å². The summed E-state index contributed by atoms with van der Waals surface area (Å²) in [5, 5.41) is 3.63. The number of hydrogen-bond acceptors (Lipinski definition) is 5. The van der Waals surface area contributed by atoms with E-state index in [9.17, 15) is 9.59 Å². The van der Waals surface area contributed by atoms with E-state index in [1.54, 1.807) is 18.3 Å². The molecule has 0 unspecified atom stereocenters. The van der Waals surface area contributed by atoms with Gasteiger partial charge in [-0.25, -0.2) is 4.79 Å². The number of ether oxygens (including phenoxy) is 3. The van der Waals surface area contributed by atoms with Crippen LogP contribution in [0.25, 0.3) is 10.8 Å². The fraction of sp³-hybridized carbons (Fsp3) is 0.474. The van der Waals surface area contributed by atoms with Gasteiger partial charge in [-0.15, -0.1) is 0 Å². The number of amides is 1.